The molecule has 0 fully saturated rings. The number of rotatable bonds is 3. The number of nitrogens with two attached hydrogens (primary N) is 1. The standard InChI is InChI=1S/C4H8ClN3O2/c1-7-8-3(6)2(5)4(9)10/h2,7H,1H3,(H2,6,8)(H,9,10). The molecule has 0 heterocycles. The van der Waals surface area contributed by atoms with E-state index >= 15 is 0 Å². The first-order chi connectivity index (χ1) is 4.59. The Hall–Kier alpha value is -0.970. The minimum Gasteiger partial charge on any atom is -0.480 e. The van der Waals surface area contributed by atoms with Crippen molar-refractivity contribution in [1.29, 1.82) is 0 Å². The van der Waals surface area contributed by atoms with Gasteiger partial charge in [-0.05, 0) is 0 Å². The van der Waals surface area contributed by atoms with E-state index in [2.05, 4.69) is 10.5 Å². The van der Waals surface area contributed by atoms with Crippen molar-refractivity contribution in [1.82, 2.24) is 5.43 Å². The van der Waals surface area contributed by atoms with Crippen LogP contribution < -0.4 is 11.2 Å². The Balaban J connectivity index is 4.06. The number of alkyl halides is 1. The van der Waals surface area contributed by atoms with E-state index in [1.165, 1.54) is 7.05 Å². The third-order valence-corrected chi connectivity index (χ3v) is 1.13. The molecule has 6 heteroatoms. The van der Waals surface area contributed by atoms with Crippen LogP contribution in [-0.2, 0) is 4.79 Å². The molecular weight excluding hydrogens is 158 g/mol. The van der Waals surface area contributed by atoms with Gasteiger partial charge in [0.15, 0.2) is 5.38 Å². The van der Waals surface area contributed by atoms with Crippen molar-refractivity contribution in [3.8, 4) is 0 Å². The van der Waals surface area contributed by atoms with Gasteiger partial charge >= 0.3 is 5.97 Å². The zero-order valence-electron chi connectivity index (χ0n) is 5.34. The molecule has 0 spiro atoms. The van der Waals surface area contributed by atoms with Crippen LogP contribution in [0.2, 0.25) is 0 Å². The number of nitrogens with zero attached hydrogens (tertiary/aromatic N) is 1. The first kappa shape index (κ1) is 9.03. The largest absolute Gasteiger partial charge is 0.480 e. The topological polar surface area (TPSA) is 87.7 Å². The molecule has 0 bridgehead atoms. The summed E-state index contributed by atoms with van der Waals surface area (Å²) in [5.74, 6) is -1.37. The van der Waals surface area contributed by atoms with Crippen LogP contribution in [0.15, 0.2) is 5.10 Å². The second-order valence-electron chi connectivity index (χ2n) is 1.46. The first-order valence-corrected chi connectivity index (χ1v) is 2.90. The number of carboxylic acid groups (broad SMARTS) is 1. The SMILES string of the molecule is CNN=C(N)C(Cl)C(=O)O. The fourth-order valence-electron chi connectivity index (χ4n) is 0.312. The third-order valence-electron chi connectivity index (χ3n) is 0.717. The molecule has 0 aliphatic carbocycles. The summed E-state index contributed by atoms with van der Waals surface area (Å²) in [6, 6.07) is 0. The lowest BCUT2D eigenvalue weighted by Crippen LogP contribution is -2.32. The number of hydrogen-bond acceptors (Lipinski definition) is 3. The van der Waals surface area contributed by atoms with Crippen LogP contribution in [0, 0.1) is 0 Å². The summed E-state index contributed by atoms with van der Waals surface area (Å²) in [7, 11) is 1.50. The molecule has 5 nitrogen and oxygen atoms in total. The van der Waals surface area contributed by atoms with Gasteiger partial charge in [0.1, 0.15) is 5.84 Å². The maximum absolute atomic E-state index is 10.1. The van der Waals surface area contributed by atoms with Crippen LogP contribution in [0.1, 0.15) is 0 Å². The molecule has 0 rings (SSSR count). The monoisotopic (exact) mass is 165 g/mol. The Morgan fingerprint density at radius 3 is 2.70 bits per heavy atom. The molecule has 0 aromatic carbocycles. The molecule has 0 aromatic rings. The molecule has 58 valence electrons. The van der Waals surface area contributed by atoms with Gasteiger partial charge in [0.2, 0.25) is 0 Å². The van der Waals surface area contributed by atoms with Crippen molar-refractivity contribution in [2.75, 3.05) is 7.05 Å². The molecule has 0 saturated heterocycles. The summed E-state index contributed by atoms with van der Waals surface area (Å²) in [5, 5.41) is 10.4. The molecule has 1 unspecified atom stereocenters. The first-order valence-electron chi connectivity index (χ1n) is 2.46. The maximum atomic E-state index is 10.1. The van der Waals surface area contributed by atoms with Gasteiger partial charge in [-0.3, -0.25) is 4.79 Å². The Morgan fingerprint density at radius 1 is 1.90 bits per heavy atom. The summed E-state index contributed by atoms with van der Waals surface area (Å²) in [5.41, 5.74) is 7.42. The average Bonchev–Trinajstić information content (AvgIpc) is 1.87. The second kappa shape index (κ2) is 3.94. The lowest BCUT2D eigenvalue weighted by atomic mass is 10.4. The van der Waals surface area contributed by atoms with Crippen molar-refractivity contribution in [2.24, 2.45) is 10.8 Å². The normalized spacial score (nSPS) is 14.4. The Morgan fingerprint density at radius 2 is 2.40 bits per heavy atom. The summed E-state index contributed by atoms with van der Waals surface area (Å²) < 4.78 is 0. The van der Waals surface area contributed by atoms with Crippen LogP contribution in [-0.4, -0.2) is 29.3 Å². The number of amidine groups is 1. The van der Waals surface area contributed by atoms with Crippen LogP contribution in [0.3, 0.4) is 0 Å². The Bertz CT molecular complexity index is 159. The predicted octanol–water partition coefficient (Wildman–Crippen LogP) is -0.830. The second-order valence-corrected chi connectivity index (χ2v) is 1.90. The fraction of sp³-hybridized carbons (Fsp3) is 0.500. The van der Waals surface area contributed by atoms with E-state index < -0.39 is 11.3 Å². The van der Waals surface area contributed by atoms with Crippen molar-refractivity contribution < 1.29 is 9.90 Å². The van der Waals surface area contributed by atoms with E-state index in [0.29, 0.717) is 0 Å². The summed E-state index contributed by atoms with van der Waals surface area (Å²) in [6.07, 6.45) is 0. The summed E-state index contributed by atoms with van der Waals surface area (Å²) >= 11 is 5.25. The molecular formula is C4H8ClN3O2. The van der Waals surface area contributed by atoms with E-state index in [1.807, 2.05) is 0 Å². The highest BCUT2D eigenvalue weighted by atomic mass is 35.5. The minimum absolute atomic E-state index is 0.156. The highest BCUT2D eigenvalue weighted by molar-refractivity contribution is 6.41. The van der Waals surface area contributed by atoms with Gasteiger partial charge in [-0.25, -0.2) is 0 Å². The van der Waals surface area contributed by atoms with Crippen molar-refractivity contribution in [2.45, 2.75) is 5.38 Å². The van der Waals surface area contributed by atoms with Crippen molar-refractivity contribution in [3.05, 3.63) is 0 Å². The lowest BCUT2D eigenvalue weighted by molar-refractivity contribution is -0.135. The Labute approximate surface area is 62.8 Å². The van der Waals surface area contributed by atoms with Crippen LogP contribution in [0.25, 0.3) is 0 Å². The highest BCUT2D eigenvalue weighted by Gasteiger charge is 2.17. The quantitative estimate of drug-likeness (QED) is 0.221. The number of aliphatic carboxylic acids is 1. The fourth-order valence-corrected chi connectivity index (χ4v) is 0.361. The molecule has 0 saturated carbocycles. The zero-order valence-corrected chi connectivity index (χ0v) is 6.09. The smallest absolute Gasteiger partial charge is 0.329 e. The van der Waals surface area contributed by atoms with Gasteiger partial charge in [0.25, 0.3) is 0 Å². The molecule has 0 aliphatic rings. The molecule has 4 N–H and O–H groups in total. The van der Waals surface area contributed by atoms with E-state index in [1.54, 1.807) is 0 Å². The summed E-state index contributed by atoms with van der Waals surface area (Å²) in [4.78, 5) is 10.1. The Kier molecular flexibility index (Phi) is 3.56. The van der Waals surface area contributed by atoms with Crippen LogP contribution in [0.5, 0.6) is 0 Å². The average molecular weight is 166 g/mol. The molecule has 0 radical (unpaired) electrons. The predicted molar refractivity (Wildman–Crippen MR) is 38.0 cm³/mol. The van der Waals surface area contributed by atoms with Gasteiger partial charge in [0.05, 0.1) is 0 Å². The lowest BCUT2D eigenvalue weighted by Gasteiger charge is -2.01. The number of carbonyl (C=O) groups is 1. The maximum Gasteiger partial charge on any atom is 0.329 e. The number of nitrogens with one attached hydrogen (secondary N) is 1. The third kappa shape index (κ3) is 2.54. The van der Waals surface area contributed by atoms with Gasteiger partial charge in [-0.1, -0.05) is 0 Å². The number of hydrogen-bond donors (Lipinski definition) is 3. The zero-order chi connectivity index (χ0) is 8.15. The number of hydrazone groups is 1. The van der Waals surface area contributed by atoms with Crippen LogP contribution in [0.4, 0.5) is 0 Å². The van der Waals surface area contributed by atoms with Gasteiger partial charge in [-0.15, -0.1) is 11.6 Å². The molecule has 0 amide bonds. The molecule has 0 aromatic heterocycles. The molecule has 0 aliphatic heterocycles. The van der Waals surface area contributed by atoms with E-state index in [4.69, 9.17) is 22.4 Å². The van der Waals surface area contributed by atoms with E-state index in [9.17, 15) is 4.79 Å². The molecule has 10 heavy (non-hydrogen) atoms. The number of halogens is 1. The van der Waals surface area contributed by atoms with E-state index in [0.717, 1.165) is 0 Å². The molecule has 1 atom stereocenters. The highest BCUT2D eigenvalue weighted by Crippen LogP contribution is 1.94. The van der Waals surface area contributed by atoms with Crippen LogP contribution >= 0.6 is 11.6 Å². The van der Waals surface area contributed by atoms with E-state index in [-0.39, 0.29) is 5.84 Å². The number of carboxylic acids is 1. The van der Waals surface area contributed by atoms with Crippen molar-refractivity contribution in [3.63, 3.8) is 0 Å². The van der Waals surface area contributed by atoms with Crippen molar-refractivity contribution >= 4 is 23.4 Å². The summed E-state index contributed by atoms with van der Waals surface area (Å²) in [6.45, 7) is 0. The van der Waals surface area contributed by atoms with Gasteiger partial charge in [0, 0.05) is 7.05 Å². The van der Waals surface area contributed by atoms with Gasteiger partial charge < -0.3 is 16.3 Å². The minimum atomic E-state index is -1.26. The van der Waals surface area contributed by atoms with Gasteiger partial charge in [-0.2, -0.15) is 5.10 Å².